The van der Waals surface area contributed by atoms with Gasteiger partial charge in [-0.15, -0.1) is 11.3 Å². The molecule has 0 spiro atoms. The van der Waals surface area contributed by atoms with Gasteiger partial charge in [-0.1, -0.05) is 37.6 Å². The van der Waals surface area contributed by atoms with E-state index in [1.54, 1.807) is 13.8 Å². The van der Waals surface area contributed by atoms with E-state index in [0.717, 1.165) is 24.1 Å². The summed E-state index contributed by atoms with van der Waals surface area (Å²) in [6.45, 7) is 5.17. The number of anilines is 1. The number of nitrogens with zero attached hydrogens (tertiary/aromatic N) is 4. The molecule has 0 bridgehead atoms. The second-order valence-electron chi connectivity index (χ2n) is 6.47. The van der Waals surface area contributed by atoms with Gasteiger partial charge in [-0.25, -0.2) is 4.98 Å². The zero-order valence-electron chi connectivity index (χ0n) is 15.9. The fourth-order valence-corrected chi connectivity index (χ4v) is 3.73. The van der Waals surface area contributed by atoms with E-state index in [9.17, 15) is 14.9 Å². The van der Waals surface area contributed by atoms with Crippen LogP contribution in [-0.2, 0) is 17.8 Å². The predicted octanol–water partition coefficient (Wildman–Crippen LogP) is 4.12. The normalized spacial score (nSPS) is 10.8. The summed E-state index contributed by atoms with van der Waals surface area (Å²) in [5.74, 6) is -0.334. The summed E-state index contributed by atoms with van der Waals surface area (Å²) in [6.07, 6.45) is 2.15. The minimum absolute atomic E-state index is 0.0594. The van der Waals surface area contributed by atoms with Gasteiger partial charge in [0.25, 0.3) is 0 Å². The smallest absolute Gasteiger partial charge is 0.300 e. The first-order valence-corrected chi connectivity index (χ1v) is 9.80. The molecule has 0 aliphatic rings. The van der Waals surface area contributed by atoms with Crippen molar-refractivity contribution >= 4 is 28.1 Å². The average Bonchev–Trinajstić information content (AvgIpc) is 3.20. The Hall–Kier alpha value is -3.07. The van der Waals surface area contributed by atoms with E-state index in [4.69, 9.17) is 0 Å². The van der Waals surface area contributed by atoms with Gasteiger partial charge >= 0.3 is 5.69 Å². The summed E-state index contributed by atoms with van der Waals surface area (Å²) in [7, 11) is 0. The fraction of sp³-hybridized carbons (Fsp3) is 0.316. The van der Waals surface area contributed by atoms with Crippen LogP contribution in [0.1, 0.15) is 30.3 Å². The number of nitrogens with one attached hydrogen (secondary N) is 1. The summed E-state index contributed by atoms with van der Waals surface area (Å²) in [4.78, 5) is 27.4. The Morgan fingerprint density at radius 2 is 2.00 bits per heavy atom. The minimum Gasteiger partial charge on any atom is -0.300 e. The van der Waals surface area contributed by atoms with Crippen LogP contribution in [0.15, 0.2) is 29.6 Å². The van der Waals surface area contributed by atoms with Crippen LogP contribution in [0.2, 0.25) is 0 Å². The number of carbonyl (C=O) groups excluding carboxylic acids is 1. The molecule has 8 nitrogen and oxygen atoms in total. The largest absolute Gasteiger partial charge is 0.312 e. The average molecular weight is 399 g/mol. The molecule has 1 aromatic carbocycles. The van der Waals surface area contributed by atoms with Crippen LogP contribution in [0.25, 0.3) is 11.3 Å². The lowest BCUT2D eigenvalue weighted by molar-refractivity contribution is -0.386. The third-order valence-electron chi connectivity index (χ3n) is 4.36. The van der Waals surface area contributed by atoms with Crippen LogP contribution in [0.5, 0.6) is 0 Å². The van der Waals surface area contributed by atoms with Gasteiger partial charge in [-0.05, 0) is 25.8 Å². The molecule has 3 aromatic rings. The Bertz CT molecular complexity index is 1010. The molecule has 0 unspecified atom stereocenters. The van der Waals surface area contributed by atoms with E-state index in [2.05, 4.69) is 34.5 Å². The van der Waals surface area contributed by atoms with Gasteiger partial charge in [-0.2, -0.15) is 5.10 Å². The monoisotopic (exact) mass is 399 g/mol. The van der Waals surface area contributed by atoms with E-state index in [1.807, 2.05) is 17.5 Å². The predicted molar refractivity (Wildman–Crippen MR) is 109 cm³/mol. The number of hydrogen-bond donors (Lipinski definition) is 1. The highest BCUT2D eigenvalue weighted by atomic mass is 32.1. The molecular formula is C19H21N5O3S. The lowest BCUT2D eigenvalue weighted by Crippen LogP contribution is -2.20. The maximum Gasteiger partial charge on any atom is 0.312 e. The number of benzene rings is 1. The van der Waals surface area contributed by atoms with Crippen LogP contribution < -0.4 is 5.32 Å². The van der Waals surface area contributed by atoms with Gasteiger partial charge < -0.3 is 5.32 Å². The first-order chi connectivity index (χ1) is 13.4. The van der Waals surface area contributed by atoms with Crippen LogP contribution in [-0.4, -0.2) is 25.6 Å². The molecule has 0 saturated heterocycles. The van der Waals surface area contributed by atoms with Crippen molar-refractivity contribution in [3.63, 3.8) is 0 Å². The molecule has 1 amide bonds. The van der Waals surface area contributed by atoms with Gasteiger partial charge in [0.05, 0.1) is 10.6 Å². The molecule has 2 heterocycles. The van der Waals surface area contributed by atoms with E-state index in [0.29, 0.717) is 16.5 Å². The molecule has 28 heavy (non-hydrogen) atoms. The molecule has 2 aromatic heterocycles. The lowest BCUT2D eigenvalue weighted by Gasteiger charge is -2.04. The first kappa shape index (κ1) is 19.7. The molecule has 0 saturated carbocycles. The highest BCUT2D eigenvalue weighted by Gasteiger charge is 2.23. The molecule has 0 aliphatic heterocycles. The second kappa shape index (κ2) is 8.30. The van der Waals surface area contributed by atoms with Crippen LogP contribution in [0.3, 0.4) is 0 Å². The van der Waals surface area contributed by atoms with E-state index >= 15 is 0 Å². The summed E-state index contributed by atoms with van der Waals surface area (Å²) < 4.78 is 1.34. The molecule has 3 rings (SSSR count). The van der Waals surface area contributed by atoms with E-state index in [-0.39, 0.29) is 18.1 Å². The summed E-state index contributed by atoms with van der Waals surface area (Å²) in [5, 5.41) is 20.3. The van der Waals surface area contributed by atoms with Crippen molar-refractivity contribution in [1.82, 2.24) is 14.8 Å². The number of nitro groups is 1. The Labute approximate surface area is 166 Å². The Morgan fingerprint density at radius 1 is 1.29 bits per heavy atom. The summed E-state index contributed by atoms with van der Waals surface area (Å²) in [6, 6.07) is 8.24. The van der Waals surface area contributed by atoms with Crippen LogP contribution in [0, 0.1) is 24.0 Å². The van der Waals surface area contributed by atoms with E-state index < -0.39 is 4.92 Å². The van der Waals surface area contributed by atoms with Gasteiger partial charge in [0.15, 0.2) is 5.13 Å². The number of rotatable bonds is 7. The number of aromatic nitrogens is 3. The van der Waals surface area contributed by atoms with Crippen LogP contribution >= 0.6 is 11.3 Å². The first-order valence-electron chi connectivity index (χ1n) is 8.92. The molecule has 0 fully saturated rings. The molecule has 146 valence electrons. The topological polar surface area (TPSA) is 103 Å². The Balaban J connectivity index is 1.67. The summed E-state index contributed by atoms with van der Waals surface area (Å²) in [5.41, 5.74) is 3.66. The maximum absolute atomic E-state index is 12.3. The maximum atomic E-state index is 12.3. The van der Waals surface area contributed by atoms with Gasteiger partial charge in [0, 0.05) is 10.9 Å². The van der Waals surface area contributed by atoms with Crippen molar-refractivity contribution in [2.24, 2.45) is 0 Å². The molecule has 0 atom stereocenters. The van der Waals surface area contributed by atoms with E-state index in [1.165, 1.54) is 21.6 Å². The zero-order valence-corrected chi connectivity index (χ0v) is 16.7. The zero-order chi connectivity index (χ0) is 20.3. The molecule has 9 heteroatoms. The van der Waals surface area contributed by atoms with Gasteiger partial charge in [0.2, 0.25) is 5.91 Å². The van der Waals surface area contributed by atoms with Crippen molar-refractivity contribution in [1.29, 1.82) is 0 Å². The lowest BCUT2D eigenvalue weighted by atomic mass is 10.1. The number of amides is 1. The third-order valence-corrected chi connectivity index (χ3v) is 5.12. The van der Waals surface area contributed by atoms with Crippen molar-refractivity contribution < 1.29 is 9.72 Å². The highest BCUT2D eigenvalue weighted by molar-refractivity contribution is 7.14. The molecule has 0 aliphatic carbocycles. The quantitative estimate of drug-likeness (QED) is 0.475. The Kier molecular flexibility index (Phi) is 5.84. The fourth-order valence-electron chi connectivity index (χ4n) is 3.00. The third kappa shape index (κ3) is 4.25. The highest BCUT2D eigenvalue weighted by Crippen LogP contribution is 2.26. The minimum atomic E-state index is -0.481. The standard InChI is InChI=1S/C19H21N5O3S/c1-4-5-14-6-8-15(9-7-14)16-11-28-19(20-16)21-17(25)10-23-13(3)18(24(26)27)12(2)22-23/h6-9,11H,4-5,10H2,1-3H3,(H,20,21,25). The van der Waals surface area contributed by atoms with Gasteiger partial charge in [0.1, 0.15) is 17.9 Å². The Morgan fingerprint density at radius 3 is 2.61 bits per heavy atom. The number of thiazole rings is 1. The van der Waals surface area contributed by atoms with Crippen molar-refractivity contribution in [2.75, 3.05) is 5.32 Å². The van der Waals surface area contributed by atoms with Crippen molar-refractivity contribution in [3.05, 3.63) is 56.7 Å². The number of aryl methyl sites for hydroxylation is 2. The van der Waals surface area contributed by atoms with Crippen molar-refractivity contribution in [2.45, 2.75) is 40.2 Å². The van der Waals surface area contributed by atoms with Crippen molar-refractivity contribution in [3.8, 4) is 11.3 Å². The molecule has 1 N–H and O–H groups in total. The number of carbonyl (C=O) groups is 1. The summed E-state index contributed by atoms with van der Waals surface area (Å²) >= 11 is 1.33. The van der Waals surface area contributed by atoms with Gasteiger partial charge in [-0.3, -0.25) is 19.6 Å². The SMILES string of the molecule is CCCc1ccc(-c2csc(NC(=O)Cn3nc(C)c([N+](=O)[O-])c3C)n2)cc1. The number of hydrogen-bond acceptors (Lipinski definition) is 6. The van der Waals surface area contributed by atoms with Crippen LogP contribution in [0.4, 0.5) is 10.8 Å². The second-order valence-corrected chi connectivity index (χ2v) is 7.33. The molecule has 0 radical (unpaired) electrons. The molecular weight excluding hydrogens is 378 g/mol.